The molecule has 4 unspecified atom stereocenters. The monoisotopic (exact) mass is 254 g/mol. The number of nitrogens with one attached hydrogen (secondary N) is 1. The van der Waals surface area contributed by atoms with Gasteiger partial charge >= 0.3 is 0 Å². The zero-order valence-electron chi connectivity index (χ0n) is 11.4. The van der Waals surface area contributed by atoms with Gasteiger partial charge < -0.3 is 15.8 Å². The van der Waals surface area contributed by atoms with Crippen molar-refractivity contribution in [1.82, 2.24) is 5.32 Å². The van der Waals surface area contributed by atoms with Crippen LogP contribution in [0.15, 0.2) is 0 Å². The van der Waals surface area contributed by atoms with Gasteiger partial charge in [0.2, 0.25) is 5.91 Å². The Labute approximate surface area is 110 Å². The molecule has 2 rings (SSSR count). The molecular formula is C14H26N2O2. The summed E-state index contributed by atoms with van der Waals surface area (Å²) in [5, 5.41) is 3.12. The van der Waals surface area contributed by atoms with Gasteiger partial charge in [-0.05, 0) is 32.1 Å². The summed E-state index contributed by atoms with van der Waals surface area (Å²) >= 11 is 0. The van der Waals surface area contributed by atoms with Crippen molar-refractivity contribution >= 4 is 5.91 Å². The molecule has 4 atom stereocenters. The van der Waals surface area contributed by atoms with Crippen LogP contribution in [0.3, 0.4) is 0 Å². The molecule has 1 aliphatic heterocycles. The van der Waals surface area contributed by atoms with Gasteiger partial charge in [-0.1, -0.05) is 12.8 Å². The molecule has 4 nitrogen and oxygen atoms in total. The number of rotatable bonds is 4. The number of amides is 1. The molecule has 2 fully saturated rings. The Hall–Kier alpha value is -0.610. The Balaban J connectivity index is 1.73. The Bertz CT molecular complexity index is 277. The highest BCUT2D eigenvalue weighted by Gasteiger charge is 2.27. The molecule has 1 saturated carbocycles. The minimum Gasteiger partial charge on any atom is -0.381 e. The van der Waals surface area contributed by atoms with E-state index in [9.17, 15) is 4.79 Å². The van der Waals surface area contributed by atoms with Crippen LogP contribution in [0.5, 0.6) is 0 Å². The lowest BCUT2D eigenvalue weighted by atomic mass is 9.83. The maximum atomic E-state index is 12.0. The third-order valence-corrected chi connectivity index (χ3v) is 4.48. The summed E-state index contributed by atoms with van der Waals surface area (Å²) in [5.74, 6) is 1.02. The second kappa shape index (κ2) is 6.53. The fourth-order valence-electron chi connectivity index (χ4n) is 3.11. The smallest absolute Gasteiger partial charge is 0.220 e. The largest absolute Gasteiger partial charge is 0.381 e. The normalized spacial score (nSPS) is 34.2. The molecule has 0 radical (unpaired) electrons. The van der Waals surface area contributed by atoms with Crippen LogP contribution in [0.25, 0.3) is 0 Å². The molecule has 0 aromatic rings. The number of carbonyl (C=O) groups is 1. The van der Waals surface area contributed by atoms with Crippen molar-refractivity contribution in [3.63, 3.8) is 0 Å². The van der Waals surface area contributed by atoms with Crippen LogP contribution in [0.2, 0.25) is 0 Å². The molecule has 4 heteroatoms. The van der Waals surface area contributed by atoms with Crippen molar-refractivity contribution in [3.05, 3.63) is 0 Å². The Morgan fingerprint density at radius 2 is 2.17 bits per heavy atom. The predicted octanol–water partition coefficient (Wildman–Crippen LogP) is 1.44. The van der Waals surface area contributed by atoms with Crippen LogP contribution in [0.1, 0.15) is 45.4 Å². The molecule has 104 valence electrons. The molecule has 18 heavy (non-hydrogen) atoms. The summed E-state index contributed by atoms with van der Waals surface area (Å²) in [6.07, 6.45) is 6.27. The van der Waals surface area contributed by atoms with Crippen molar-refractivity contribution in [2.45, 2.75) is 57.5 Å². The summed E-state index contributed by atoms with van der Waals surface area (Å²) in [4.78, 5) is 12.0. The van der Waals surface area contributed by atoms with E-state index in [2.05, 4.69) is 12.2 Å². The van der Waals surface area contributed by atoms with Crippen molar-refractivity contribution in [1.29, 1.82) is 0 Å². The average molecular weight is 254 g/mol. The second-order valence-corrected chi connectivity index (χ2v) is 5.89. The van der Waals surface area contributed by atoms with Crippen molar-refractivity contribution in [2.24, 2.45) is 17.6 Å². The van der Waals surface area contributed by atoms with Crippen LogP contribution in [0.4, 0.5) is 0 Å². The Morgan fingerprint density at radius 1 is 1.39 bits per heavy atom. The summed E-state index contributed by atoms with van der Waals surface area (Å²) in [7, 11) is 0. The van der Waals surface area contributed by atoms with E-state index >= 15 is 0 Å². The molecule has 0 spiro atoms. The Morgan fingerprint density at radius 3 is 2.83 bits per heavy atom. The van der Waals surface area contributed by atoms with E-state index < -0.39 is 0 Å². The molecule has 1 amide bonds. The van der Waals surface area contributed by atoms with Crippen LogP contribution in [-0.4, -0.2) is 31.2 Å². The molecule has 0 aromatic carbocycles. The van der Waals surface area contributed by atoms with Gasteiger partial charge in [-0.2, -0.15) is 0 Å². The van der Waals surface area contributed by atoms with E-state index in [1.54, 1.807) is 0 Å². The van der Waals surface area contributed by atoms with E-state index in [0.29, 0.717) is 18.3 Å². The minimum absolute atomic E-state index is 0.164. The lowest BCUT2D eigenvalue weighted by Crippen LogP contribution is -2.42. The zero-order valence-corrected chi connectivity index (χ0v) is 11.4. The minimum atomic E-state index is 0.164. The topological polar surface area (TPSA) is 64.4 Å². The second-order valence-electron chi connectivity index (χ2n) is 5.89. The van der Waals surface area contributed by atoms with Gasteiger partial charge in [0.1, 0.15) is 0 Å². The van der Waals surface area contributed by atoms with Crippen LogP contribution in [-0.2, 0) is 9.53 Å². The molecular weight excluding hydrogens is 228 g/mol. The highest BCUT2D eigenvalue weighted by molar-refractivity contribution is 5.76. The lowest BCUT2D eigenvalue weighted by Gasteiger charge is -2.29. The van der Waals surface area contributed by atoms with Gasteiger partial charge in [-0.3, -0.25) is 4.79 Å². The maximum absolute atomic E-state index is 12.0. The van der Waals surface area contributed by atoms with E-state index in [0.717, 1.165) is 32.5 Å². The summed E-state index contributed by atoms with van der Waals surface area (Å²) in [6, 6.07) is 0.439. The number of nitrogens with two attached hydrogens (primary N) is 1. The first-order valence-electron chi connectivity index (χ1n) is 7.29. The summed E-state index contributed by atoms with van der Waals surface area (Å²) in [6.45, 7) is 3.70. The maximum Gasteiger partial charge on any atom is 0.220 e. The summed E-state index contributed by atoms with van der Waals surface area (Å²) < 4.78 is 5.36. The lowest BCUT2D eigenvalue weighted by molar-refractivity contribution is -0.123. The third kappa shape index (κ3) is 3.69. The highest BCUT2D eigenvalue weighted by atomic mass is 16.5. The molecule has 1 saturated heterocycles. The molecule has 1 heterocycles. The number of ether oxygens (including phenoxy) is 1. The predicted molar refractivity (Wildman–Crippen MR) is 71.1 cm³/mol. The first kappa shape index (κ1) is 13.8. The molecule has 1 aliphatic carbocycles. The van der Waals surface area contributed by atoms with E-state index in [1.807, 2.05) is 0 Å². The van der Waals surface area contributed by atoms with E-state index in [-0.39, 0.29) is 18.0 Å². The zero-order chi connectivity index (χ0) is 13.0. The molecule has 0 bridgehead atoms. The number of carbonyl (C=O) groups excluding carboxylic acids is 1. The first-order valence-corrected chi connectivity index (χ1v) is 7.29. The SMILES string of the molecule is CC(NC(=O)CC1CCCCC1N)C1CCOC1. The highest BCUT2D eigenvalue weighted by Crippen LogP contribution is 2.25. The first-order chi connectivity index (χ1) is 8.66. The molecule has 0 aromatic heterocycles. The van der Waals surface area contributed by atoms with Crippen LogP contribution >= 0.6 is 0 Å². The van der Waals surface area contributed by atoms with Crippen LogP contribution in [0, 0.1) is 11.8 Å². The molecule has 2 aliphatic rings. The average Bonchev–Trinajstić information content (AvgIpc) is 2.85. The Kier molecular flexibility index (Phi) is 5.01. The van der Waals surface area contributed by atoms with Crippen molar-refractivity contribution in [3.8, 4) is 0 Å². The fraction of sp³-hybridized carbons (Fsp3) is 0.929. The quantitative estimate of drug-likeness (QED) is 0.798. The summed E-state index contributed by atoms with van der Waals surface area (Å²) in [5.41, 5.74) is 6.08. The van der Waals surface area contributed by atoms with Gasteiger partial charge in [-0.25, -0.2) is 0 Å². The van der Waals surface area contributed by atoms with Gasteiger partial charge in [0.05, 0.1) is 6.61 Å². The van der Waals surface area contributed by atoms with E-state index in [1.165, 1.54) is 12.8 Å². The fourth-order valence-corrected chi connectivity index (χ4v) is 3.11. The van der Waals surface area contributed by atoms with Gasteiger partial charge in [0, 0.05) is 31.0 Å². The number of hydrogen-bond donors (Lipinski definition) is 2. The number of hydrogen-bond acceptors (Lipinski definition) is 3. The van der Waals surface area contributed by atoms with Crippen molar-refractivity contribution < 1.29 is 9.53 Å². The third-order valence-electron chi connectivity index (χ3n) is 4.48. The molecule has 3 N–H and O–H groups in total. The van der Waals surface area contributed by atoms with Crippen LogP contribution < -0.4 is 11.1 Å². The standard InChI is InChI=1S/C14H26N2O2/c1-10(12-6-7-18-9-12)16-14(17)8-11-4-2-3-5-13(11)15/h10-13H,2-9,15H2,1H3,(H,16,17). The van der Waals surface area contributed by atoms with Gasteiger partial charge in [0.25, 0.3) is 0 Å². The van der Waals surface area contributed by atoms with Gasteiger partial charge in [-0.15, -0.1) is 0 Å². The van der Waals surface area contributed by atoms with E-state index in [4.69, 9.17) is 10.5 Å². The van der Waals surface area contributed by atoms with Crippen molar-refractivity contribution in [2.75, 3.05) is 13.2 Å². The van der Waals surface area contributed by atoms with Gasteiger partial charge in [0.15, 0.2) is 0 Å².